The second-order valence-electron chi connectivity index (χ2n) is 9.91. The van der Waals surface area contributed by atoms with Crippen LogP contribution in [0.4, 0.5) is 0 Å². The Morgan fingerprint density at radius 1 is 0.652 bits per heavy atom. The van der Waals surface area contributed by atoms with E-state index in [0.29, 0.717) is 5.56 Å². The van der Waals surface area contributed by atoms with Crippen LogP contribution in [0.1, 0.15) is 38.2 Å². The van der Waals surface area contributed by atoms with Gasteiger partial charge in [-0.05, 0) is 12.0 Å². The zero-order valence-electron chi connectivity index (χ0n) is 24.6. The van der Waals surface area contributed by atoms with Crippen molar-refractivity contribution in [3.8, 4) is 0 Å². The van der Waals surface area contributed by atoms with E-state index < -0.39 is 116 Å². The van der Waals surface area contributed by atoms with Gasteiger partial charge in [-0.15, -0.1) is 0 Å². The molecule has 0 aliphatic rings. The molecule has 0 spiro atoms. The van der Waals surface area contributed by atoms with E-state index in [2.05, 4.69) is 21.3 Å². The van der Waals surface area contributed by atoms with Crippen molar-refractivity contribution in [1.82, 2.24) is 26.6 Å². The van der Waals surface area contributed by atoms with Crippen LogP contribution in [-0.4, -0.2) is 111 Å². The molecule has 19 nitrogen and oxygen atoms in total. The van der Waals surface area contributed by atoms with Crippen LogP contribution < -0.4 is 32.3 Å². The summed E-state index contributed by atoms with van der Waals surface area (Å²) < 4.78 is 0. The number of hydrogen-bond acceptors (Lipinski definition) is 10. The molecule has 1 aromatic rings. The number of benzene rings is 1. The van der Waals surface area contributed by atoms with Gasteiger partial charge in [-0.2, -0.15) is 0 Å². The largest absolute Gasteiger partial charge is 0.481 e. The quantitative estimate of drug-likeness (QED) is 0.0642. The van der Waals surface area contributed by atoms with Gasteiger partial charge in [-0.25, -0.2) is 4.79 Å². The number of amides is 6. The van der Waals surface area contributed by atoms with Crippen LogP contribution in [0, 0.1) is 0 Å². The number of carboxylic acids is 3. The smallest absolute Gasteiger partial charge is 0.326 e. The van der Waals surface area contributed by atoms with Gasteiger partial charge in [-0.1, -0.05) is 30.3 Å². The Hall–Kier alpha value is -5.59. The van der Waals surface area contributed by atoms with Crippen LogP contribution >= 0.6 is 0 Å². The molecule has 0 saturated carbocycles. The van der Waals surface area contributed by atoms with E-state index in [1.165, 1.54) is 0 Å². The number of aliphatic hydroxyl groups is 1. The first-order valence-corrected chi connectivity index (χ1v) is 13.6. The number of aliphatic carboxylic acids is 3. The molecule has 6 amide bonds. The van der Waals surface area contributed by atoms with E-state index in [0.717, 1.165) is 6.92 Å². The Labute approximate surface area is 261 Å². The van der Waals surface area contributed by atoms with E-state index in [-0.39, 0.29) is 6.42 Å². The average molecular weight is 653 g/mol. The first-order chi connectivity index (χ1) is 21.5. The summed E-state index contributed by atoms with van der Waals surface area (Å²) in [6, 6.07) is -0.474. The van der Waals surface area contributed by atoms with Crippen molar-refractivity contribution in [2.75, 3.05) is 6.61 Å². The third-order valence-electron chi connectivity index (χ3n) is 6.11. The molecule has 0 radical (unpaired) electrons. The molecule has 252 valence electrons. The van der Waals surface area contributed by atoms with Crippen LogP contribution in [0.2, 0.25) is 0 Å². The second kappa shape index (κ2) is 18.9. The summed E-state index contributed by atoms with van der Waals surface area (Å²) in [6.45, 7) is -0.0189. The topological polar surface area (TPSA) is 321 Å². The lowest BCUT2D eigenvalue weighted by Gasteiger charge is -2.26. The fraction of sp³-hybridized carbons (Fsp3) is 0.444. The summed E-state index contributed by atoms with van der Waals surface area (Å²) in [4.78, 5) is 109. The summed E-state index contributed by atoms with van der Waals surface area (Å²) in [5, 5.41) is 48.1. The number of carboxylic acid groups (broad SMARTS) is 3. The predicted molar refractivity (Wildman–Crippen MR) is 153 cm³/mol. The summed E-state index contributed by atoms with van der Waals surface area (Å²) in [7, 11) is 0. The molecule has 1 rings (SSSR count). The van der Waals surface area contributed by atoms with Crippen molar-refractivity contribution in [3.63, 3.8) is 0 Å². The van der Waals surface area contributed by atoms with E-state index in [1.807, 2.05) is 5.32 Å². The van der Waals surface area contributed by atoms with E-state index in [4.69, 9.17) is 10.8 Å². The lowest BCUT2D eigenvalue weighted by atomic mass is 10.0. The molecule has 1 aromatic carbocycles. The van der Waals surface area contributed by atoms with Crippen molar-refractivity contribution in [3.05, 3.63) is 35.9 Å². The maximum absolute atomic E-state index is 13.4. The molecule has 0 aliphatic heterocycles. The molecule has 19 heteroatoms. The number of carbonyl (C=O) groups is 9. The Balaban J connectivity index is 3.24. The van der Waals surface area contributed by atoms with Crippen molar-refractivity contribution in [1.29, 1.82) is 0 Å². The Morgan fingerprint density at radius 3 is 1.54 bits per heavy atom. The lowest BCUT2D eigenvalue weighted by Crippen LogP contribution is -2.60. The lowest BCUT2D eigenvalue weighted by molar-refractivity contribution is -0.144. The number of primary amides is 1. The standard InChI is InChI=1S/C27H36N6O13/c1-13(35)29-17(10-21(37)38)24(42)33-19(12-34)26(44)31-16(9-14-5-3-2-4-6-14)23(41)32-18(11-22(39)40)25(43)30-15(27(45)46)7-8-20(28)36/h2-6,15-19,34H,7-12H2,1H3,(H2,28,36)(H,29,35)(H,30,43)(H,31,44)(H,32,41)(H,33,42)(H,37,38)(H,39,40)(H,45,46)/t15-,16-,17-,18-,19-/m0/s1. The van der Waals surface area contributed by atoms with Gasteiger partial charge < -0.3 is 52.7 Å². The summed E-state index contributed by atoms with van der Waals surface area (Å²) >= 11 is 0. The Morgan fingerprint density at radius 2 is 1.09 bits per heavy atom. The zero-order valence-corrected chi connectivity index (χ0v) is 24.6. The van der Waals surface area contributed by atoms with Gasteiger partial charge in [-0.3, -0.25) is 38.4 Å². The molecule has 5 atom stereocenters. The molecule has 0 fully saturated rings. The minimum atomic E-state index is -1.86. The summed E-state index contributed by atoms with van der Waals surface area (Å²) in [5.74, 6) is -10.8. The predicted octanol–water partition coefficient (Wildman–Crippen LogP) is -4.04. The number of rotatable bonds is 20. The summed E-state index contributed by atoms with van der Waals surface area (Å²) in [5.41, 5.74) is 5.49. The Kier molecular flexibility index (Phi) is 15.8. The first-order valence-electron chi connectivity index (χ1n) is 13.6. The highest BCUT2D eigenvalue weighted by molar-refractivity contribution is 5.97. The van der Waals surface area contributed by atoms with E-state index >= 15 is 0 Å². The molecule has 0 bridgehead atoms. The van der Waals surface area contributed by atoms with Crippen molar-refractivity contribution in [2.45, 2.75) is 69.2 Å². The normalized spacial score (nSPS) is 13.8. The van der Waals surface area contributed by atoms with Crippen LogP contribution in [0.15, 0.2) is 30.3 Å². The number of nitrogens with two attached hydrogens (primary N) is 1. The number of carbonyl (C=O) groups excluding carboxylic acids is 6. The average Bonchev–Trinajstić information content (AvgIpc) is 2.96. The van der Waals surface area contributed by atoms with Crippen LogP contribution in [-0.2, 0) is 49.6 Å². The van der Waals surface area contributed by atoms with Gasteiger partial charge in [0.15, 0.2) is 0 Å². The van der Waals surface area contributed by atoms with Gasteiger partial charge in [0.05, 0.1) is 19.4 Å². The number of aliphatic hydroxyl groups excluding tert-OH is 1. The van der Waals surface area contributed by atoms with Crippen molar-refractivity contribution in [2.24, 2.45) is 5.73 Å². The molecule has 0 aliphatic carbocycles. The number of hydrogen-bond donors (Lipinski definition) is 10. The van der Waals surface area contributed by atoms with Crippen LogP contribution in [0.3, 0.4) is 0 Å². The van der Waals surface area contributed by atoms with E-state index in [9.17, 15) is 58.5 Å². The molecule has 0 heterocycles. The SMILES string of the molecule is CC(=O)N[C@@H](CC(=O)O)C(=O)N[C@@H](CO)C(=O)N[C@@H](Cc1ccccc1)C(=O)N[C@@H](CC(=O)O)C(=O)N[C@@H](CCC(N)=O)C(=O)O. The molecular formula is C27H36N6O13. The number of nitrogens with one attached hydrogen (secondary N) is 5. The third kappa shape index (κ3) is 14.3. The van der Waals surface area contributed by atoms with Gasteiger partial charge in [0.1, 0.15) is 30.2 Å². The summed E-state index contributed by atoms with van der Waals surface area (Å²) in [6.07, 6.45) is -2.99. The first kappa shape index (κ1) is 38.4. The van der Waals surface area contributed by atoms with Crippen molar-refractivity contribution < 1.29 is 63.6 Å². The monoisotopic (exact) mass is 652 g/mol. The molecule has 0 aromatic heterocycles. The van der Waals surface area contributed by atoms with Gasteiger partial charge in [0.2, 0.25) is 35.4 Å². The van der Waals surface area contributed by atoms with Crippen LogP contribution in [0.25, 0.3) is 0 Å². The second-order valence-corrected chi connectivity index (χ2v) is 9.91. The highest BCUT2D eigenvalue weighted by Crippen LogP contribution is 2.07. The third-order valence-corrected chi connectivity index (χ3v) is 6.11. The maximum Gasteiger partial charge on any atom is 0.326 e. The Bertz CT molecular complexity index is 1290. The fourth-order valence-corrected chi connectivity index (χ4v) is 3.90. The zero-order chi connectivity index (χ0) is 35.0. The molecule has 11 N–H and O–H groups in total. The molecule has 46 heavy (non-hydrogen) atoms. The molecular weight excluding hydrogens is 616 g/mol. The maximum atomic E-state index is 13.4. The molecule has 0 unspecified atom stereocenters. The van der Waals surface area contributed by atoms with Crippen molar-refractivity contribution >= 4 is 53.4 Å². The van der Waals surface area contributed by atoms with Gasteiger partial charge >= 0.3 is 17.9 Å². The highest BCUT2D eigenvalue weighted by atomic mass is 16.4. The van der Waals surface area contributed by atoms with Crippen LogP contribution in [0.5, 0.6) is 0 Å². The minimum Gasteiger partial charge on any atom is -0.481 e. The molecule has 0 saturated heterocycles. The fourth-order valence-electron chi connectivity index (χ4n) is 3.90. The highest BCUT2D eigenvalue weighted by Gasteiger charge is 2.33. The van der Waals surface area contributed by atoms with Gasteiger partial charge in [0, 0.05) is 19.8 Å². The van der Waals surface area contributed by atoms with Gasteiger partial charge in [0.25, 0.3) is 0 Å². The minimum absolute atomic E-state index is 0.254. The van der Waals surface area contributed by atoms with E-state index in [1.54, 1.807) is 30.3 Å².